The Hall–Kier alpha value is -5.64. The molecule has 0 fully saturated rings. The first-order valence-electron chi connectivity index (χ1n) is 12.2. The minimum atomic E-state index is -0.854. The third-order valence-corrected chi connectivity index (χ3v) is 6.37. The average Bonchev–Trinajstić information content (AvgIpc) is 2.98. The highest BCUT2D eigenvalue weighted by Crippen LogP contribution is 2.12. The highest BCUT2D eigenvalue weighted by Gasteiger charge is 2.20. The summed E-state index contributed by atoms with van der Waals surface area (Å²) in [6.45, 7) is 2.99. The van der Waals surface area contributed by atoms with Gasteiger partial charge < -0.3 is 0 Å². The lowest BCUT2D eigenvalue weighted by molar-refractivity contribution is 0.0941. The van der Waals surface area contributed by atoms with Crippen molar-refractivity contribution >= 4 is 11.8 Å². The molecule has 5 aromatic rings. The number of benzene rings is 3. The lowest BCUT2D eigenvalue weighted by Gasteiger charge is -2.13. The highest BCUT2D eigenvalue weighted by atomic mass is 16.2. The van der Waals surface area contributed by atoms with Crippen LogP contribution < -0.4 is 22.5 Å². The van der Waals surface area contributed by atoms with Crippen LogP contribution in [0.15, 0.2) is 117 Å². The summed E-state index contributed by atoms with van der Waals surface area (Å²) < 4.78 is 3.49. The minimum Gasteiger partial charge on any atom is -0.269 e. The third kappa shape index (κ3) is 4.47. The zero-order valence-electron chi connectivity index (χ0n) is 21.5. The van der Waals surface area contributed by atoms with Crippen LogP contribution in [-0.4, -0.2) is 30.1 Å². The zero-order valence-corrected chi connectivity index (χ0v) is 21.5. The van der Waals surface area contributed by atoms with E-state index < -0.39 is 34.3 Å². The monoisotopic (exact) mass is 534 g/mol. The van der Waals surface area contributed by atoms with Gasteiger partial charge >= 0.3 is 11.4 Å². The van der Waals surface area contributed by atoms with Crippen LogP contribution in [0.1, 0.15) is 31.8 Å². The fraction of sp³-hybridized carbons (Fsp3) is 0.0667. The van der Waals surface area contributed by atoms with Crippen LogP contribution >= 0.6 is 0 Å². The molecule has 2 aromatic heterocycles. The van der Waals surface area contributed by atoms with E-state index in [0.717, 1.165) is 9.13 Å². The molecule has 0 aliphatic rings. The molecule has 0 saturated heterocycles. The number of hydrogen-bond donors (Lipinski definition) is 0. The van der Waals surface area contributed by atoms with Crippen molar-refractivity contribution in [2.24, 2.45) is 0 Å². The fourth-order valence-electron chi connectivity index (χ4n) is 4.27. The van der Waals surface area contributed by atoms with E-state index in [0.29, 0.717) is 20.5 Å². The fourth-order valence-corrected chi connectivity index (χ4v) is 4.27. The first kappa shape index (κ1) is 26.0. The molecule has 0 atom stereocenters. The Morgan fingerprint density at radius 3 is 1.15 bits per heavy atom. The molecule has 5 rings (SSSR count). The molecular weight excluding hydrogens is 512 g/mol. The van der Waals surface area contributed by atoms with E-state index in [1.54, 1.807) is 36.4 Å². The number of carbonyl (C=O) groups excluding carboxylic acids is 2. The Morgan fingerprint density at radius 2 is 0.825 bits per heavy atom. The van der Waals surface area contributed by atoms with Crippen molar-refractivity contribution in [3.05, 3.63) is 161 Å². The molecule has 10 heteroatoms. The standard InChI is InChI=1S/C30H22N4O6/c1-19-17-31(29(39)33(25(19)35)27(37)21-9-5-3-6-10-21)23-13-15-24(16-14-23)32-18-20(2)26(36)34(30(32)40)28(38)22-11-7-4-8-12-22/h3-18H,1-2H3. The molecule has 0 aliphatic heterocycles. The van der Waals surface area contributed by atoms with Crippen LogP contribution in [0.2, 0.25) is 0 Å². The molecule has 0 spiro atoms. The third-order valence-electron chi connectivity index (χ3n) is 6.37. The van der Waals surface area contributed by atoms with Gasteiger partial charge in [0.15, 0.2) is 0 Å². The second-order valence-corrected chi connectivity index (χ2v) is 9.07. The number of hydrogen-bond acceptors (Lipinski definition) is 6. The van der Waals surface area contributed by atoms with Gasteiger partial charge in [-0.25, -0.2) is 9.59 Å². The normalized spacial score (nSPS) is 10.8. The smallest absolute Gasteiger partial charge is 0.269 e. The molecular formula is C30H22N4O6. The summed E-state index contributed by atoms with van der Waals surface area (Å²) in [4.78, 5) is 78.1. The molecule has 0 radical (unpaired) electrons. The van der Waals surface area contributed by atoms with Crippen molar-refractivity contribution in [3.63, 3.8) is 0 Å². The average molecular weight is 535 g/mol. The Kier molecular flexibility index (Phi) is 6.66. The maximum atomic E-state index is 13.3. The van der Waals surface area contributed by atoms with Gasteiger partial charge in [-0.15, -0.1) is 0 Å². The van der Waals surface area contributed by atoms with Crippen molar-refractivity contribution in [2.75, 3.05) is 0 Å². The van der Waals surface area contributed by atoms with E-state index in [1.165, 1.54) is 74.8 Å². The Bertz CT molecular complexity index is 1870. The zero-order chi connectivity index (χ0) is 28.6. The predicted octanol–water partition coefficient (Wildman–Crippen LogP) is 2.31. The van der Waals surface area contributed by atoms with Gasteiger partial charge in [-0.05, 0) is 62.4 Å². The first-order valence-corrected chi connectivity index (χ1v) is 12.2. The Labute approximate surface area is 226 Å². The van der Waals surface area contributed by atoms with Crippen LogP contribution in [-0.2, 0) is 0 Å². The van der Waals surface area contributed by atoms with Gasteiger partial charge in [-0.3, -0.25) is 28.3 Å². The molecule has 3 aromatic carbocycles. The minimum absolute atomic E-state index is 0.173. The summed E-state index contributed by atoms with van der Waals surface area (Å²) in [5.41, 5.74) is -1.79. The number of rotatable bonds is 4. The van der Waals surface area contributed by atoms with Crippen molar-refractivity contribution in [3.8, 4) is 11.4 Å². The lowest BCUT2D eigenvalue weighted by Crippen LogP contribution is -2.44. The van der Waals surface area contributed by atoms with Crippen molar-refractivity contribution in [1.82, 2.24) is 18.3 Å². The molecule has 0 aliphatic carbocycles. The summed E-state index contributed by atoms with van der Waals surface area (Å²) in [5.74, 6) is -1.51. The Balaban J connectivity index is 1.59. The van der Waals surface area contributed by atoms with E-state index in [2.05, 4.69) is 0 Å². The topological polar surface area (TPSA) is 122 Å². The molecule has 0 unspecified atom stereocenters. The van der Waals surface area contributed by atoms with Crippen molar-refractivity contribution in [2.45, 2.75) is 13.8 Å². The Morgan fingerprint density at radius 1 is 0.500 bits per heavy atom. The molecule has 0 bridgehead atoms. The van der Waals surface area contributed by atoms with Crippen LogP contribution in [0.25, 0.3) is 11.4 Å². The summed E-state index contributed by atoms with van der Waals surface area (Å²) >= 11 is 0. The molecule has 0 N–H and O–H groups in total. The van der Waals surface area contributed by atoms with E-state index in [9.17, 15) is 28.8 Å². The summed E-state index contributed by atoms with van der Waals surface area (Å²) in [6, 6.07) is 22.1. The predicted molar refractivity (Wildman–Crippen MR) is 148 cm³/mol. The van der Waals surface area contributed by atoms with Crippen LogP contribution in [0.5, 0.6) is 0 Å². The van der Waals surface area contributed by atoms with Gasteiger partial charge in [-0.1, -0.05) is 36.4 Å². The number of carbonyl (C=O) groups is 2. The summed E-state index contributed by atoms with van der Waals surface area (Å²) in [6.07, 6.45) is 2.67. The summed E-state index contributed by atoms with van der Waals surface area (Å²) in [5, 5.41) is 0. The maximum absolute atomic E-state index is 13.3. The van der Waals surface area contributed by atoms with E-state index in [4.69, 9.17) is 0 Å². The van der Waals surface area contributed by atoms with Gasteiger partial charge in [0.1, 0.15) is 0 Å². The molecule has 2 heterocycles. The van der Waals surface area contributed by atoms with Crippen LogP contribution in [0, 0.1) is 13.8 Å². The second kappa shape index (κ2) is 10.3. The molecule has 10 nitrogen and oxygen atoms in total. The summed E-state index contributed by atoms with van der Waals surface area (Å²) in [7, 11) is 0. The lowest BCUT2D eigenvalue weighted by atomic mass is 10.2. The van der Waals surface area contributed by atoms with Crippen molar-refractivity contribution in [1.29, 1.82) is 0 Å². The largest absolute Gasteiger partial charge is 0.342 e. The van der Waals surface area contributed by atoms with Gasteiger partial charge in [-0.2, -0.15) is 9.13 Å². The van der Waals surface area contributed by atoms with E-state index >= 15 is 0 Å². The molecule has 40 heavy (non-hydrogen) atoms. The molecule has 0 amide bonds. The number of nitrogens with zero attached hydrogens (tertiary/aromatic N) is 4. The van der Waals surface area contributed by atoms with Crippen LogP contribution in [0.3, 0.4) is 0 Å². The highest BCUT2D eigenvalue weighted by molar-refractivity contribution is 5.96. The number of aromatic nitrogens is 4. The SMILES string of the molecule is Cc1cn(-c2ccc(-n3cc(C)c(=O)n(C(=O)c4ccccc4)c3=O)cc2)c(=O)n(C(=O)c2ccccc2)c1=O. The van der Waals surface area contributed by atoms with E-state index in [1.807, 2.05) is 0 Å². The second-order valence-electron chi connectivity index (χ2n) is 9.07. The molecule has 198 valence electrons. The van der Waals surface area contributed by atoms with Gasteiger partial charge in [0.2, 0.25) is 0 Å². The molecule has 0 saturated carbocycles. The first-order chi connectivity index (χ1) is 19.2. The number of aryl methyl sites for hydroxylation is 2. The van der Waals surface area contributed by atoms with Gasteiger partial charge in [0, 0.05) is 34.6 Å². The van der Waals surface area contributed by atoms with Gasteiger partial charge in [0.25, 0.3) is 22.9 Å². The quantitative estimate of drug-likeness (QED) is 0.349. The maximum Gasteiger partial charge on any atom is 0.342 e. The van der Waals surface area contributed by atoms with Crippen molar-refractivity contribution < 1.29 is 9.59 Å². The van der Waals surface area contributed by atoms with E-state index in [-0.39, 0.29) is 22.3 Å². The van der Waals surface area contributed by atoms with Crippen LogP contribution in [0.4, 0.5) is 0 Å². The van der Waals surface area contributed by atoms with Gasteiger partial charge in [0.05, 0.1) is 11.4 Å².